The Balaban J connectivity index is 1.54. The van der Waals surface area contributed by atoms with E-state index < -0.39 is 17.4 Å². The van der Waals surface area contributed by atoms with Crippen LogP contribution in [-0.4, -0.2) is 36.8 Å². The first-order chi connectivity index (χ1) is 13.8. The van der Waals surface area contributed by atoms with Crippen LogP contribution in [0.4, 0.5) is 13.2 Å². The Kier molecular flexibility index (Phi) is 5.08. The van der Waals surface area contributed by atoms with E-state index in [-0.39, 0.29) is 0 Å². The molecule has 1 aromatic carbocycles. The lowest BCUT2D eigenvalue weighted by molar-refractivity contribution is -0.137. The Morgan fingerprint density at radius 1 is 1.21 bits per heavy atom. The fraction of sp³-hybridized carbons (Fsp3) is 0.316. The van der Waals surface area contributed by atoms with Crippen molar-refractivity contribution in [1.82, 2.24) is 24.6 Å². The maximum atomic E-state index is 12.7. The predicted molar refractivity (Wildman–Crippen MR) is 102 cm³/mol. The van der Waals surface area contributed by atoms with E-state index in [1.807, 2.05) is 11.1 Å². The summed E-state index contributed by atoms with van der Waals surface area (Å²) >= 11 is 6.27. The third-order valence-corrected chi connectivity index (χ3v) is 4.87. The SMILES string of the molecule is CCCN1C=c2[nH]c(-c3cnn(Cc4ccc(C(F)(F)F)cc4)c3)nc2=NC1Cl. The number of nitrogens with one attached hydrogen (secondary N) is 1. The number of nitrogens with zero attached hydrogens (tertiary/aromatic N) is 5. The number of fused-ring (bicyclic) bond motifs is 1. The topological polar surface area (TPSA) is 62.1 Å². The quantitative estimate of drug-likeness (QED) is 0.508. The molecule has 0 spiro atoms. The molecule has 152 valence electrons. The molecule has 29 heavy (non-hydrogen) atoms. The Morgan fingerprint density at radius 2 is 1.97 bits per heavy atom. The minimum absolute atomic E-state index is 0.350. The molecule has 0 saturated heterocycles. The summed E-state index contributed by atoms with van der Waals surface area (Å²) in [4.78, 5) is 14.0. The monoisotopic (exact) mass is 422 g/mol. The van der Waals surface area contributed by atoms with Gasteiger partial charge in [-0.1, -0.05) is 30.7 Å². The molecule has 0 bridgehead atoms. The largest absolute Gasteiger partial charge is 0.416 e. The van der Waals surface area contributed by atoms with Crippen molar-refractivity contribution in [1.29, 1.82) is 0 Å². The highest BCUT2D eigenvalue weighted by Gasteiger charge is 2.29. The maximum Gasteiger partial charge on any atom is 0.416 e. The van der Waals surface area contributed by atoms with Gasteiger partial charge in [0.2, 0.25) is 0 Å². The fourth-order valence-corrected chi connectivity index (χ4v) is 3.34. The van der Waals surface area contributed by atoms with Crippen LogP contribution in [0.5, 0.6) is 0 Å². The van der Waals surface area contributed by atoms with E-state index in [0.717, 1.165) is 41.6 Å². The Bertz CT molecular complexity index is 1120. The van der Waals surface area contributed by atoms with Crippen LogP contribution in [-0.2, 0) is 12.7 Å². The summed E-state index contributed by atoms with van der Waals surface area (Å²) in [5, 5.41) is 5.06. The number of rotatable bonds is 5. The summed E-state index contributed by atoms with van der Waals surface area (Å²) in [7, 11) is 0. The summed E-state index contributed by atoms with van der Waals surface area (Å²) < 4.78 is 39.7. The molecule has 0 amide bonds. The average molecular weight is 423 g/mol. The zero-order valence-corrected chi connectivity index (χ0v) is 16.2. The van der Waals surface area contributed by atoms with Crippen LogP contribution in [0, 0.1) is 0 Å². The molecule has 0 aliphatic carbocycles. The zero-order chi connectivity index (χ0) is 20.6. The van der Waals surface area contributed by atoms with Crippen molar-refractivity contribution in [3.05, 3.63) is 58.6 Å². The molecule has 1 aliphatic rings. The molecule has 2 aromatic heterocycles. The second-order valence-electron chi connectivity index (χ2n) is 6.75. The predicted octanol–water partition coefficient (Wildman–Crippen LogP) is 2.95. The molecule has 3 aromatic rings. The fourth-order valence-electron chi connectivity index (χ4n) is 3.09. The third-order valence-electron chi connectivity index (χ3n) is 4.52. The number of benzene rings is 1. The zero-order valence-electron chi connectivity index (χ0n) is 15.5. The molecule has 1 N–H and O–H groups in total. The highest BCUT2D eigenvalue weighted by molar-refractivity contribution is 6.20. The molecule has 10 heteroatoms. The van der Waals surface area contributed by atoms with Crippen molar-refractivity contribution < 1.29 is 13.2 Å². The first kappa shape index (κ1) is 19.5. The highest BCUT2D eigenvalue weighted by atomic mass is 35.5. The summed E-state index contributed by atoms with van der Waals surface area (Å²) in [6.07, 6.45) is 1.95. The number of imidazole rings is 1. The van der Waals surface area contributed by atoms with E-state index >= 15 is 0 Å². The summed E-state index contributed by atoms with van der Waals surface area (Å²) in [5.41, 5.74) is 0.861. The number of hydrogen-bond acceptors (Lipinski definition) is 4. The average Bonchev–Trinajstić information content (AvgIpc) is 3.28. The summed E-state index contributed by atoms with van der Waals surface area (Å²) in [6.45, 7) is 3.20. The van der Waals surface area contributed by atoms with Gasteiger partial charge in [0.25, 0.3) is 0 Å². The molecule has 4 rings (SSSR count). The van der Waals surface area contributed by atoms with Crippen molar-refractivity contribution in [2.24, 2.45) is 4.99 Å². The lowest BCUT2D eigenvalue weighted by atomic mass is 10.1. The second-order valence-corrected chi connectivity index (χ2v) is 7.14. The van der Waals surface area contributed by atoms with Gasteiger partial charge in [-0.15, -0.1) is 0 Å². The smallest absolute Gasteiger partial charge is 0.341 e. The Labute approximate surface area is 169 Å². The van der Waals surface area contributed by atoms with Gasteiger partial charge < -0.3 is 9.88 Å². The van der Waals surface area contributed by atoms with Crippen LogP contribution in [0.25, 0.3) is 17.6 Å². The molecule has 1 atom stereocenters. The van der Waals surface area contributed by atoms with Crippen LogP contribution in [0.3, 0.4) is 0 Å². The van der Waals surface area contributed by atoms with E-state index in [1.54, 1.807) is 17.1 Å². The van der Waals surface area contributed by atoms with Gasteiger partial charge in [0.15, 0.2) is 11.1 Å². The lowest BCUT2D eigenvalue weighted by Crippen LogP contribution is -2.40. The van der Waals surface area contributed by atoms with Crippen LogP contribution < -0.4 is 10.8 Å². The number of halogens is 4. The molecule has 0 radical (unpaired) electrons. The Morgan fingerprint density at radius 3 is 2.66 bits per heavy atom. The minimum Gasteiger partial charge on any atom is -0.341 e. The van der Waals surface area contributed by atoms with Crippen LogP contribution >= 0.6 is 11.6 Å². The van der Waals surface area contributed by atoms with E-state index in [9.17, 15) is 13.2 Å². The number of hydrogen-bond donors (Lipinski definition) is 1. The van der Waals surface area contributed by atoms with E-state index in [4.69, 9.17) is 11.6 Å². The molecule has 0 fully saturated rings. The van der Waals surface area contributed by atoms with Gasteiger partial charge in [-0.3, -0.25) is 4.68 Å². The second kappa shape index (κ2) is 7.55. The number of alkyl halides is 4. The van der Waals surface area contributed by atoms with Gasteiger partial charge in [0, 0.05) is 18.9 Å². The van der Waals surface area contributed by atoms with Gasteiger partial charge in [-0.2, -0.15) is 18.3 Å². The van der Waals surface area contributed by atoms with Gasteiger partial charge in [-0.25, -0.2) is 9.98 Å². The van der Waals surface area contributed by atoms with Crippen molar-refractivity contribution in [2.45, 2.75) is 31.7 Å². The minimum atomic E-state index is -4.34. The van der Waals surface area contributed by atoms with Gasteiger partial charge >= 0.3 is 6.18 Å². The number of H-pyrrole nitrogens is 1. The van der Waals surface area contributed by atoms with Crippen molar-refractivity contribution in [2.75, 3.05) is 6.54 Å². The van der Waals surface area contributed by atoms with E-state index in [0.29, 0.717) is 17.9 Å². The van der Waals surface area contributed by atoms with Crippen molar-refractivity contribution >= 4 is 17.8 Å². The third kappa shape index (κ3) is 4.14. The van der Waals surface area contributed by atoms with Crippen molar-refractivity contribution in [3.63, 3.8) is 0 Å². The van der Waals surface area contributed by atoms with Crippen LogP contribution in [0.2, 0.25) is 0 Å². The molecule has 1 aliphatic heterocycles. The first-order valence-electron chi connectivity index (χ1n) is 9.08. The standard InChI is InChI=1S/C19H18ClF3N6/c1-2-7-28-11-15-17(27-18(28)20)26-16(25-15)13-8-24-29(10-13)9-12-3-5-14(6-4-12)19(21,22)23/h3-6,8,10-11,18H,2,7,9H2,1H3,(H,25,26,27). The summed E-state index contributed by atoms with van der Waals surface area (Å²) in [5.74, 6) is 0.607. The van der Waals surface area contributed by atoms with Gasteiger partial charge in [0.05, 0.1) is 23.9 Å². The lowest BCUT2D eigenvalue weighted by Gasteiger charge is -2.23. The molecular formula is C19H18ClF3N6. The molecule has 6 nitrogen and oxygen atoms in total. The van der Waals surface area contributed by atoms with E-state index in [2.05, 4.69) is 27.0 Å². The number of aromatic nitrogens is 4. The Hall–Kier alpha value is -2.81. The summed E-state index contributed by atoms with van der Waals surface area (Å²) in [6, 6.07) is 5.05. The van der Waals surface area contributed by atoms with Gasteiger partial charge in [-0.05, 0) is 24.1 Å². The highest BCUT2D eigenvalue weighted by Crippen LogP contribution is 2.29. The molecule has 1 unspecified atom stereocenters. The molecule has 3 heterocycles. The van der Waals surface area contributed by atoms with Gasteiger partial charge in [0.1, 0.15) is 11.2 Å². The van der Waals surface area contributed by atoms with Crippen LogP contribution in [0.1, 0.15) is 24.5 Å². The normalized spacial score (nSPS) is 16.3. The van der Waals surface area contributed by atoms with E-state index in [1.165, 1.54) is 12.1 Å². The maximum absolute atomic E-state index is 12.7. The molecule has 0 saturated carbocycles. The van der Waals surface area contributed by atoms with Crippen LogP contribution in [0.15, 0.2) is 41.7 Å². The first-order valence-corrected chi connectivity index (χ1v) is 9.51. The number of aromatic amines is 1. The van der Waals surface area contributed by atoms with Crippen molar-refractivity contribution in [3.8, 4) is 11.4 Å². The molecular weight excluding hydrogens is 405 g/mol.